The number of nitrogens with one attached hydrogen (secondary N) is 1. The molecule has 0 amide bonds. The van der Waals surface area contributed by atoms with Gasteiger partial charge >= 0.3 is 0 Å². The number of rotatable bonds is 4. The van der Waals surface area contributed by atoms with E-state index in [1.807, 2.05) is 12.1 Å². The highest BCUT2D eigenvalue weighted by Crippen LogP contribution is 2.22. The van der Waals surface area contributed by atoms with Crippen LogP contribution < -0.4 is 10.2 Å². The Bertz CT molecular complexity index is 722. The minimum atomic E-state index is 0.303. The summed E-state index contributed by atoms with van der Waals surface area (Å²) in [4.78, 5) is 4.54. The molecule has 4 nitrogen and oxygen atoms in total. The number of phenols is 1. The molecule has 2 aromatic rings. The quantitative estimate of drug-likeness (QED) is 0.781. The summed E-state index contributed by atoms with van der Waals surface area (Å²) in [5.74, 6) is 0.890. The lowest BCUT2D eigenvalue weighted by Crippen LogP contribution is -2.50. The normalized spacial score (nSPS) is 15.6. The molecular weight excluding hydrogens is 342 g/mol. The average molecular weight is 370 g/mol. The fourth-order valence-corrected chi connectivity index (χ4v) is 3.46. The molecule has 1 atom stereocenters. The molecule has 26 heavy (non-hydrogen) atoms. The zero-order valence-electron chi connectivity index (χ0n) is 15.5. The Morgan fingerprint density at radius 1 is 1.04 bits per heavy atom. The molecule has 1 aliphatic heterocycles. The van der Waals surface area contributed by atoms with Gasteiger partial charge in [-0.3, -0.25) is 0 Å². The molecular formula is C21H27N3OS. The zero-order chi connectivity index (χ0) is 18.5. The van der Waals surface area contributed by atoms with Crippen molar-refractivity contribution < 1.29 is 5.11 Å². The fraction of sp³-hybridized carbons (Fsp3) is 0.381. The molecule has 3 rings (SSSR count). The van der Waals surface area contributed by atoms with Crippen molar-refractivity contribution in [3.05, 3.63) is 54.1 Å². The van der Waals surface area contributed by atoms with Gasteiger partial charge in [-0.1, -0.05) is 26.0 Å². The van der Waals surface area contributed by atoms with Crippen LogP contribution >= 0.6 is 12.2 Å². The topological polar surface area (TPSA) is 38.7 Å². The Labute approximate surface area is 161 Å². The minimum Gasteiger partial charge on any atom is -0.508 e. The second-order valence-corrected chi connectivity index (χ2v) is 7.24. The first-order chi connectivity index (χ1) is 12.6. The van der Waals surface area contributed by atoms with Crippen LogP contribution in [0.4, 0.5) is 11.4 Å². The van der Waals surface area contributed by atoms with Gasteiger partial charge in [-0.05, 0) is 66.5 Å². The number of thiocarbonyl (C=S) groups is 1. The molecule has 0 spiro atoms. The maximum Gasteiger partial charge on any atom is 0.173 e. The lowest BCUT2D eigenvalue weighted by Gasteiger charge is -2.37. The molecule has 0 aromatic heterocycles. The van der Waals surface area contributed by atoms with E-state index in [2.05, 4.69) is 53.2 Å². The van der Waals surface area contributed by atoms with Gasteiger partial charge in [-0.25, -0.2) is 0 Å². The standard InChI is InChI=1S/C21H27N3OS/c1-3-16(2)17-4-6-18(7-5-17)22-21(26)24-14-12-23(13-15-24)19-8-10-20(25)11-9-19/h4-11,16,25H,3,12-15H2,1-2H3,(H,22,26). The molecule has 0 saturated carbocycles. The highest BCUT2D eigenvalue weighted by molar-refractivity contribution is 7.80. The summed E-state index contributed by atoms with van der Waals surface area (Å²) in [6, 6.07) is 16.0. The van der Waals surface area contributed by atoms with E-state index in [1.54, 1.807) is 12.1 Å². The second kappa shape index (κ2) is 8.41. The van der Waals surface area contributed by atoms with Crippen molar-refractivity contribution in [1.29, 1.82) is 0 Å². The van der Waals surface area contributed by atoms with Gasteiger partial charge in [0, 0.05) is 37.6 Å². The van der Waals surface area contributed by atoms with Crippen molar-refractivity contribution >= 4 is 28.7 Å². The van der Waals surface area contributed by atoms with E-state index in [4.69, 9.17) is 12.2 Å². The third-order valence-corrected chi connectivity index (χ3v) is 5.49. The molecule has 0 radical (unpaired) electrons. The van der Waals surface area contributed by atoms with E-state index in [1.165, 1.54) is 5.56 Å². The van der Waals surface area contributed by atoms with Crippen molar-refractivity contribution in [1.82, 2.24) is 4.90 Å². The highest BCUT2D eigenvalue weighted by atomic mass is 32.1. The lowest BCUT2D eigenvalue weighted by molar-refractivity contribution is 0.391. The Morgan fingerprint density at radius 2 is 1.65 bits per heavy atom. The van der Waals surface area contributed by atoms with Crippen LogP contribution in [0.1, 0.15) is 31.7 Å². The molecule has 1 fully saturated rings. The Kier molecular flexibility index (Phi) is 5.99. The van der Waals surface area contributed by atoms with Crippen molar-refractivity contribution in [2.45, 2.75) is 26.2 Å². The number of nitrogens with zero attached hydrogens (tertiary/aromatic N) is 2. The summed E-state index contributed by atoms with van der Waals surface area (Å²) in [5, 5.41) is 13.6. The van der Waals surface area contributed by atoms with E-state index >= 15 is 0 Å². The van der Waals surface area contributed by atoms with Crippen LogP contribution in [0, 0.1) is 0 Å². The van der Waals surface area contributed by atoms with Crippen molar-refractivity contribution in [3.8, 4) is 5.75 Å². The van der Waals surface area contributed by atoms with Crippen molar-refractivity contribution in [2.75, 3.05) is 36.4 Å². The van der Waals surface area contributed by atoms with E-state index in [0.717, 1.165) is 49.1 Å². The fourth-order valence-electron chi connectivity index (χ4n) is 3.16. The molecule has 138 valence electrons. The maximum atomic E-state index is 9.42. The number of phenolic OH excluding ortho intramolecular Hbond substituents is 1. The second-order valence-electron chi connectivity index (χ2n) is 6.85. The number of anilines is 2. The number of piperazine rings is 1. The predicted molar refractivity (Wildman–Crippen MR) is 113 cm³/mol. The van der Waals surface area contributed by atoms with Crippen LogP contribution in [0.5, 0.6) is 5.75 Å². The lowest BCUT2D eigenvalue weighted by atomic mass is 9.99. The van der Waals surface area contributed by atoms with Crippen LogP contribution in [-0.4, -0.2) is 41.3 Å². The number of aromatic hydroxyl groups is 1. The van der Waals surface area contributed by atoms with Gasteiger partial charge in [0.05, 0.1) is 0 Å². The van der Waals surface area contributed by atoms with Crippen LogP contribution in [0.2, 0.25) is 0 Å². The monoisotopic (exact) mass is 369 g/mol. The molecule has 0 bridgehead atoms. The number of benzene rings is 2. The molecule has 2 N–H and O–H groups in total. The van der Waals surface area contributed by atoms with E-state index in [9.17, 15) is 5.11 Å². The van der Waals surface area contributed by atoms with Gasteiger partial charge in [0.15, 0.2) is 5.11 Å². The molecule has 1 aliphatic rings. The van der Waals surface area contributed by atoms with Crippen LogP contribution in [0.15, 0.2) is 48.5 Å². The average Bonchev–Trinajstić information content (AvgIpc) is 2.68. The predicted octanol–water partition coefficient (Wildman–Crippen LogP) is 4.42. The molecule has 1 heterocycles. The summed E-state index contributed by atoms with van der Waals surface area (Å²) < 4.78 is 0. The smallest absolute Gasteiger partial charge is 0.173 e. The summed E-state index contributed by atoms with van der Waals surface area (Å²) in [7, 11) is 0. The Morgan fingerprint density at radius 3 is 2.23 bits per heavy atom. The van der Waals surface area contributed by atoms with Gasteiger partial charge in [0.1, 0.15) is 5.75 Å². The molecule has 0 aliphatic carbocycles. The van der Waals surface area contributed by atoms with Gasteiger partial charge in [0.25, 0.3) is 0 Å². The minimum absolute atomic E-state index is 0.303. The van der Waals surface area contributed by atoms with Crippen molar-refractivity contribution in [3.63, 3.8) is 0 Å². The summed E-state index contributed by atoms with van der Waals surface area (Å²) >= 11 is 5.60. The highest BCUT2D eigenvalue weighted by Gasteiger charge is 2.19. The van der Waals surface area contributed by atoms with Gasteiger partial charge in [0.2, 0.25) is 0 Å². The van der Waals surface area contributed by atoms with E-state index < -0.39 is 0 Å². The summed E-state index contributed by atoms with van der Waals surface area (Å²) in [5.41, 5.74) is 3.55. The third-order valence-electron chi connectivity index (χ3n) is 5.13. The number of hydrogen-bond donors (Lipinski definition) is 2. The summed E-state index contributed by atoms with van der Waals surface area (Å²) in [6.45, 7) is 8.07. The zero-order valence-corrected chi connectivity index (χ0v) is 16.3. The number of hydrogen-bond acceptors (Lipinski definition) is 3. The molecule has 5 heteroatoms. The summed E-state index contributed by atoms with van der Waals surface area (Å²) in [6.07, 6.45) is 1.15. The SMILES string of the molecule is CCC(C)c1ccc(NC(=S)N2CCN(c3ccc(O)cc3)CC2)cc1. The molecule has 2 aromatic carbocycles. The first kappa shape index (κ1) is 18.5. The van der Waals surface area contributed by atoms with Gasteiger partial charge < -0.3 is 20.2 Å². The van der Waals surface area contributed by atoms with Crippen LogP contribution in [0.3, 0.4) is 0 Å². The van der Waals surface area contributed by atoms with E-state index in [0.29, 0.717) is 11.7 Å². The third kappa shape index (κ3) is 4.47. The molecule has 1 unspecified atom stereocenters. The first-order valence-electron chi connectivity index (χ1n) is 9.26. The largest absolute Gasteiger partial charge is 0.508 e. The van der Waals surface area contributed by atoms with Crippen LogP contribution in [0.25, 0.3) is 0 Å². The first-order valence-corrected chi connectivity index (χ1v) is 9.67. The Hall–Kier alpha value is -2.27. The van der Waals surface area contributed by atoms with Crippen LogP contribution in [-0.2, 0) is 0 Å². The van der Waals surface area contributed by atoms with E-state index in [-0.39, 0.29) is 0 Å². The van der Waals surface area contributed by atoms with Crippen molar-refractivity contribution in [2.24, 2.45) is 0 Å². The maximum absolute atomic E-state index is 9.42. The van der Waals surface area contributed by atoms with Gasteiger partial charge in [-0.15, -0.1) is 0 Å². The molecule has 1 saturated heterocycles. The Balaban J connectivity index is 1.52. The van der Waals surface area contributed by atoms with Gasteiger partial charge in [-0.2, -0.15) is 0 Å².